The fraction of sp³-hybridized carbons (Fsp3) is 0.938. The van der Waals surface area contributed by atoms with E-state index in [9.17, 15) is 19.8 Å². The summed E-state index contributed by atoms with van der Waals surface area (Å²) in [5.41, 5.74) is 0. The molecule has 0 spiro atoms. The molecule has 3 N–H and O–H groups in total. The Labute approximate surface area is 438 Å². The SMILES string of the molecule is CCCCCCCCCCCCCC(=O)OCCCCCCCCCCCCCC/C=C\CCCCCCCCCCCCCCCCCCCC(=O)NC(CO)C(O)CCCCCCCCCCC. The van der Waals surface area contributed by atoms with Crippen molar-refractivity contribution in [3.05, 3.63) is 12.2 Å². The smallest absolute Gasteiger partial charge is 0.305 e. The molecule has 2 unspecified atom stereocenters. The fourth-order valence-electron chi connectivity index (χ4n) is 10.2. The Morgan fingerprint density at radius 1 is 0.386 bits per heavy atom. The van der Waals surface area contributed by atoms with E-state index in [2.05, 4.69) is 31.3 Å². The third-order valence-corrected chi connectivity index (χ3v) is 15.1. The van der Waals surface area contributed by atoms with E-state index in [4.69, 9.17) is 4.74 Å². The first-order valence-electron chi connectivity index (χ1n) is 31.9. The van der Waals surface area contributed by atoms with Crippen LogP contribution < -0.4 is 5.32 Å². The van der Waals surface area contributed by atoms with E-state index in [-0.39, 0.29) is 18.5 Å². The number of aliphatic hydroxyl groups is 2. The number of ether oxygens (including phenoxy) is 1. The van der Waals surface area contributed by atoms with Crippen LogP contribution in [0.3, 0.4) is 0 Å². The zero-order valence-electron chi connectivity index (χ0n) is 47.5. The van der Waals surface area contributed by atoms with Gasteiger partial charge < -0.3 is 20.3 Å². The molecule has 0 fully saturated rings. The highest BCUT2D eigenvalue weighted by Gasteiger charge is 2.20. The average molecular weight is 989 g/mol. The van der Waals surface area contributed by atoms with Crippen LogP contribution in [0.25, 0.3) is 0 Å². The van der Waals surface area contributed by atoms with E-state index in [0.29, 0.717) is 25.9 Å². The lowest BCUT2D eigenvalue weighted by Gasteiger charge is -2.22. The van der Waals surface area contributed by atoms with Gasteiger partial charge in [0.25, 0.3) is 0 Å². The molecule has 0 aromatic carbocycles. The van der Waals surface area contributed by atoms with Crippen molar-refractivity contribution in [1.29, 1.82) is 0 Å². The van der Waals surface area contributed by atoms with Gasteiger partial charge in [0, 0.05) is 12.8 Å². The number of hydrogen-bond donors (Lipinski definition) is 3. The number of carbonyl (C=O) groups excluding carboxylic acids is 2. The first-order chi connectivity index (χ1) is 34.5. The zero-order chi connectivity index (χ0) is 50.7. The van der Waals surface area contributed by atoms with Crippen LogP contribution >= 0.6 is 0 Å². The van der Waals surface area contributed by atoms with E-state index in [1.807, 2.05) is 0 Å². The topological polar surface area (TPSA) is 95.9 Å². The first kappa shape index (κ1) is 68.6. The fourth-order valence-corrected chi connectivity index (χ4v) is 10.2. The second-order valence-electron chi connectivity index (χ2n) is 22.1. The lowest BCUT2D eigenvalue weighted by Crippen LogP contribution is -2.45. The largest absolute Gasteiger partial charge is 0.466 e. The number of carbonyl (C=O) groups is 2. The number of aliphatic hydroxyl groups excluding tert-OH is 2. The van der Waals surface area contributed by atoms with Crippen molar-refractivity contribution in [2.45, 2.75) is 373 Å². The molecule has 0 heterocycles. The Morgan fingerprint density at radius 2 is 0.671 bits per heavy atom. The van der Waals surface area contributed by atoms with Gasteiger partial charge in [-0.2, -0.15) is 0 Å². The summed E-state index contributed by atoms with van der Waals surface area (Å²) in [6.45, 7) is 4.95. The molecule has 0 saturated carbocycles. The number of rotatable bonds is 60. The van der Waals surface area contributed by atoms with Crippen molar-refractivity contribution in [2.24, 2.45) is 0 Å². The summed E-state index contributed by atoms with van der Waals surface area (Å²) in [6.07, 6.45) is 72.6. The van der Waals surface area contributed by atoms with Crippen LogP contribution in [0, 0.1) is 0 Å². The predicted octanol–water partition coefficient (Wildman–Crippen LogP) is 20.0. The Kier molecular flexibility index (Phi) is 59.0. The normalized spacial score (nSPS) is 12.6. The quantitative estimate of drug-likeness (QED) is 0.0321. The molecule has 0 aliphatic heterocycles. The van der Waals surface area contributed by atoms with Gasteiger partial charge in [0.1, 0.15) is 0 Å². The minimum atomic E-state index is -0.659. The average Bonchev–Trinajstić information content (AvgIpc) is 3.36. The van der Waals surface area contributed by atoms with Gasteiger partial charge in [-0.05, 0) is 51.4 Å². The summed E-state index contributed by atoms with van der Waals surface area (Å²) >= 11 is 0. The summed E-state index contributed by atoms with van der Waals surface area (Å²) in [7, 11) is 0. The maximum Gasteiger partial charge on any atom is 0.305 e. The molecule has 0 bridgehead atoms. The molecular formula is C64H125NO5. The highest BCUT2D eigenvalue weighted by Crippen LogP contribution is 2.18. The Balaban J connectivity index is 3.31. The summed E-state index contributed by atoms with van der Waals surface area (Å²) in [5.74, 6) is -0.0139. The summed E-state index contributed by atoms with van der Waals surface area (Å²) < 4.78 is 5.47. The van der Waals surface area contributed by atoms with Crippen molar-refractivity contribution >= 4 is 11.9 Å². The lowest BCUT2D eigenvalue weighted by molar-refractivity contribution is -0.143. The summed E-state index contributed by atoms with van der Waals surface area (Å²) in [5, 5.41) is 23.1. The van der Waals surface area contributed by atoms with Crippen molar-refractivity contribution < 1.29 is 24.5 Å². The maximum atomic E-state index is 12.4. The first-order valence-corrected chi connectivity index (χ1v) is 31.9. The van der Waals surface area contributed by atoms with Crippen molar-refractivity contribution in [3.8, 4) is 0 Å². The van der Waals surface area contributed by atoms with Gasteiger partial charge in [-0.25, -0.2) is 0 Å². The Hall–Kier alpha value is -1.40. The number of unbranched alkanes of at least 4 members (excludes halogenated alkanes) is 47. The molecule has 0 aliphatic carbocycles. The molecule has 70 heavy (non-hydrogen) atoms. The maximum absolute atomic E-state index is 12.4. The number of nitrogens with one attached hydrogen (secondary N) is 1. The second-order valence-corrected chi connectivity index (χ2v) is 22.1. The van der Waals surface area contributed by atoms with Crippen LogP contribution in [-0.4, -0.2) is 47.4 Å². The summed E-state index contributed by atoms with van der Waals surface area (Å²) in [6, 6.07) is -0.536. The van der Waals surface area contributed by atoms with E-state index in [0.717, 1.165) is 38.5 Å². The van der Waals surface area contributed by atoms with Crippen LogP contribution in [0.2, 0.25) is 0 Å². The predicted molar refractivity (Wildman–Crippen MR) is 306 cm³/mol. The summed E-state index contributed by atoms with van der Waals surface area (Å²) in [4.78, 5) is 24.4. The molecule has 6 heteroatoms. The van der Waals surface area contributed by atoms with E-state index in [1.165, 1.54) is 289 Å². The zero-order valence-corrected chi connectivity index (χ0v) is 47.5. The van der Waals surface area contributed by atoms with E-state index >= 15 is 0 Å². The van der Waals surface area contributed by atoms with Gasteiger partial charge in [0.15, 0.2) is 0 Å². The van der Waals surface area contributed by atoms with Crippen molar-refractivity contribution in [2.75, 3.05) is 13.2 Å². The number of allylic oxidation sites excluding steroid dienone is 2. The van der Waals surface area contributed by atoms with Gasteiger partial charge in [0.05, 0.1) is 25.4 Å². The molecule has 0 aromatic heterocycles. The second kappa shape index (κ2) is 60.2. The third-order valence-electron chi connectivity index (χ3n) is 15.1. The van der Waals surface area contributed by atoms with Crippen molar-refractivity contribution in [3.63, 3.8) is 0 Å². The molecule has 2 atom stereocenters. The van der Waals surface area contributed by atoms with E-state index in [1.54, 1.807) is 0 Å². The highest BCUT2D eigenvalue weighted by atomic mass is 16.5. The number of esters is 1. The Morgan fingerprint density at radius 3 is 1.01 bits per heavy atom. The van der Waals surface area contributed by atoms with Crippen molar-refractivity contribution in [1.82, 2.24) is 5.32 Å². The van der Waals surface area contributed by atoms with Crippen LogP contribution in [0.4, 0.5) is 0 Å². The molecule has 0 rings (SSSR count). The van der Waals surface area contributed by atoms with Crippen LogP contribution in [0.1, 0.15) is 361 Å². The molecule has 1 amide bonds. The van der Waals surface area contributed by atoms with Crippen LogP contribution in [-0.2, 0) is 14.3 Å². The molecule has 416 valence electrons. The van der Waals surface area contributed by atoms with Crippen LogP contribution in [0.5, 0.6) is 0 Å². The van der Waals surface area contributed by atoms with Gasteiger partial charge >= 0.3 is 5.97 Å². The molecule has 6 nitrogen and oxygen atoms in total. The van der Waals surface area contributed by atoms with Crippen LogP contribution in [0.15, 0.2) is 12.2 Å². The van der Waals surface area contributed by atoms with Gasteiger partial charge in [-0.1, -0.05) is 309 Å². The number of amides is 1. The Bertz CT molecular complexity index is 1050. The lowest BCUT2D eigenvalue weighted by atomic mass is 10.0. The van der Waals surface area contributed by atoms with E-state index < -0.39 is 12.1 Å². The van der Waals surface area contributed by atoms with Gasteiger partial charge in [-0.15, -0.1) is 0 Å². The monoisotopic (exact) mass is 988 g/mol. The molecule has 0 radical (unpaired) electrons. The molecule has 0 saturated heterocycles. The van der Waals surface area contributed by atoms with Gasteiger partial charge in [-0.3, -0.25) is 9.59 Å². The minimum Gasteiger partial charge on any atom is -0.466 e. The highest BCUT2D eigenvalue weighted by molar-refractivity contribution is 5.76. The molecule has 0 aromatic rings. The number of hydrogen-bond acceptors (Lipinski definition) is 5. The minimum absolute atomic E-state index is 0.0187. The third kappa shape index (κ3) is 55.9. The molecule has 0 aliphatic rings. The van der Waals surface area contributed by atoms with Gasteiger partial charge in [0.2, 0.25) is 5.91 Å². The standard InChI is InChI=1S/C64H125NO5/c1-3-5-7-9-11-13-37-42-46-50-54-58-64(69)70-59-55-51-47-43-39-36-34-32-30-28-26-24-22-20-18-16-14-15-17-19-21-23-25-27-29-31-33-35-38-41-45-49-53-57-63(68)65-61(60-66)62(67)56-52-48-44-40-12-10-8-6-4-2/h18,20,61-62,66-67H,3-17,19,21-60H2,1-2H3,(H,65,68)/b20-18-. The molecular weight excluding hydrogens is 863 g/mol.